The Kier molecular flexibility index (Phi) is 5.37. The smallest absolute Gasteiger partial charge is 0.335 e. The number of hydrogen-bond donors (Lipinski definition) is 1. The van der Waals surface area contributed by atoms with Gasteiger partial charge in [-0.2, -0.15) is 0 Å². The molecule has 0 spiro atoms. The zero-order valence-corrected chi connectivity index (χ0v) is 15.2. The fraction of sp³-hybridized carbons (Fsp3) is 0.316. The van der Waals surface area contributed by atoms with Crippen LogP contribution in [0.5, 0.6) is 0 Å². The van der Waals surface area contributed by atoms with E-state index in [1.54, 1.807) is 35.0 Å². The van der Waals surface area contributed by atoms with Gasteiger partial charge in [0.2, 0.25) is 5.91 Å². The number of carbonyl (C=O) groups is 3. The third-order valence-corrected chi connectivity index (χ3v) is 5.39. The Bertz CT molecular complexity index is 801. The molecule has 1 aliphatic heterocycles. The number of carboxylic acids is 1. The van der Waals surface area contributed by atoms with Gasteiger partial charge in [0.1, 0.15) is 6.04 Å². The van der Waals surface area contributed by atoms with Gasteiger partial charge in [0.05, 0.1) is 10.4 Å². The molecule has 1 aromatic carbocycles. The zero-order chi connectivity index (χ0) is 18.7. The average molecular weight is 372 g/mol. The highest BCUT2D eigenvalue weighted by atomic mass is 32.1. The van der Waals surface area contributed by atoms with Crippen LogP contribution in [-0.4, -0.2) is 52.3 Å². The lowest BCUT2D eigenvalue weighted by molar-refractivity contribution is -0.134. The van der Waals surface area contributed by atoms with Crippen LogP contribution in [0.3, 0.4) is 0 Å². The summed E-state index contributed by atoms with van der Waals surface area (Å²) in [5, 5.41) is 10.8. The lowest BCUT2D eigenvalue weighted by Gasteiger charge is -2.28. The summed E-state index contributed by atoms with van der Waals surface area (Å²) < 4.78 is 0. The quantitative estimate of drug-likeness (QED) is 0.875. The van der Waals surface area contributed by atoms with Crippen molar-refractivity contribution in [1.29, 1.82) is 0 Å². The van der Waals surface area contributed by atoms with Crippen molar-refractivity contribution in [2.75, 3.05) is 13.6 Å². The minimum absolute atomic E-state index is 0.0879. The highest BCUT2D eigenvalue weighted by molar-refractivity contribution is 7.12. The van der Waals surface area contributed by atoms with Gasteiger partial charge in [-0.3, -0.25) is 9.59 Å². The van der Waals surface area contributed by atoms with Crippen LogP contribution in [0, 0.1) is 0 Å². The second-order valence-electron chi connectivity index (χ2n) is 6.33. The Hall–Kier alpha value is -2.67. The van der Waals surface area contributed by atoms with Gasteiger partial charge in [-0.05, 0) is 42.0 Å². The third kappa shape index (κ3) is 3.77. The topological polar surface area (TPSA) is 77.9 Å². The first-order valence-corrected chi connectivity index (χ1v) is 9.27. The molecule has 2 amide bonds. The predicted octanol–water partition coefficient (Wildman–Crippen LogP) is 2.71. The lowest BCUT2D eigenvalue weighted by Crippen LogP contribution is -2.46. The maximum atomic E-state index is 12.9. The standard InChI is InChI=1S/C19H20N2O4S/c1-20(12-13-6-8-14(9-7-13)19(24)25)17(22)15-4-2-10-21(15)18(23)16-5-3-11-26-16/h3,5-9,11,15H,2,4,10,12H2,1H3,(H,24,25). The highest BCUT2D eigenvalue weighted by Gasteiger charge is 2.36. The molecule has 1 fully saturated rings. The Morgan fingerprint density at radius 3 is 2.58 bits per heavy atom. The van der Waals surface area contributed by atoms with Crippen molar-refractivity contribution in [2.45, 2.75) is 25.4 Å². The molecule has 1 saturated heterocycles. The number of amides is 2. The molecule has 3 rings (SSSR count). The number of hydrogen-bond acceptors (Lipinski definition) is 4. The first-order chi connectivity index (χ1) is 12.5. The van der Waals surface area contributed by atoms with E-state index in [0.29, 0.717) is 24.4 Å². The molecule has 2 heterocycles. The number of benzene rings is 1. The Morgan fingerprint density at radius 1 is 1.23 bits per heavy atom. The van der Waals surface area contributed by atoms with E-state index >= 15 is 0 Å². The largest absolute Gasteiger partial charge is 0.478 e. The summed E-state index contributed by atoms with van der Waals surface area (Å²) in [6.07, 6.45) is 1.48. The summed E-state index contributed by atoms with van der Waals surface area (Å²) in [7, 11) is 1.71. The van der Waals surface area contributed by atoms with Gasteiger partial charge in [0.15, 0.2) is 0 Å². The molecule has 7 heteroatoms. The van der Waals surface area contributed by atoms with E-state index in [1.807, 2.05) is 11.4 Å². The maximum Gasteiger partial charge on any atom is 0.335 e. The normalized spacial score (nSPS) is 16.5. The minimum Gasteiger partial charge on any atom is -0.478 e. The fourth-order valence-corrected chi connectivity index (χ4v) is 3.85. The number of likely N-dealkylation sites (tertiary alicyclic amines) is 1. The molecule has 0 radical (unpaired) electrons. The van der Waals surface area contributed by atoms with E-state index in [-0.39, 0.29) is 17.4 Å². The lowest BCUT2D eigenvalue weighted by atomic mass is 10.1. The zero-order valence-electron chi connectivity index (χ0n) is 14.4. The summed E-state index contributed by atoms with van der Waals surface area (Å²) in [5.41, 5.74) is 1.06. The summed E-state index contributed by atoms with van der Waals surface area (Å²) in [4.78, 5) is 40.3. The summed E-state index contributed by atoms with van der Waals surface area (Å²) in [6, 6.07) is 9.63. The molecular weight excluding hydrogens is 352 g/mol. The molecule has 0 saturated carbocycles. The number of carboxylic acid groups (broad SMARTS) is 1. The van der Waals surface area contributed by atoms with Gasteiger partial charge in [-0.25, -0.2) is 4.79 Å². The van der Waals surface area contributed by atoms with Crippen LogP contribution in [-0.2, 0) is 11.3 Å². The molecule has 136 valence electrons. The van der Waals surface area contributed by atoms with Crippen molar-refractivity contribution in [3.63, 3.8) is 0 Å². The monoisotopic (exact) mass is 372 g/mol. The van der Waals surface area contributed by atoms with Crippen LogP contribution in [0.4, 0.5) is 0 Å². The summed E-state index contributed by atoms with van der Waals surface area (Å²) in [6.45, 7) is 0.963. The van der Waals surface area contributed by atoms with Crippen molar-refractivity contribution in [2.24, 2.45) is 0 Å². The van der Waals surface area contributed by atoms with Gasteiger partial charge in [0, 0.05) is 20.1 Å². The van der Waals surface area contributed by atoms with Crippen LogP contribution < -0.4 is 0 Å². The van der Waals surface area contributed by atoms with E-state index in [4.69, 9.17) is 5.11 Å². The van der Waals surface area contributed by atoms with Crippen molar-refractivity contribution < 1.29 is 19.5 Å². The fourth-order valence-electron chi connectivity index (χ4n) is 3.17. The van der Waals surface area contributed by atoms with E-state index in [9.17, 15) is 14.4 Å². The molecule has 0 bridgehead atoms. The van der Waals surface area contributed by atoms with Crippen LogP contribution >= 0.6 is 11.3 Å². The Morgan fingerprint density at radius 2 is 1.96 bits per heavy atom. The molecule has 6 nitrogen and oxygen atoms in total. The highest BCUT2D eigenvalue weighted by Crippen LogP contribution is 2.24. The van der Waals surface area contributed by atoms with E-state index < -0.39 is 12.0 Å². The summed E-state index contributed by atoms with van der Waals surface area (Å²) in [5.74, 6) is -1.15. The first-order valence-electron chi connectivity index (χ1n) is 8.39. The number of likely N-dealkylation sites (N-methyl/N-ethyl adjacent to an activating group) is 1. The van der Waals surface area contributed by atoms with Crippen molar-refractivity contribution in [3.05, 3.63) is 57.8 Å². The Balaban J connectivity index is 1.67. The number of carbonyl (C=O) groups excluding carboxylic acids is 2. The van der Waals surface area contributed by atoms with Gasteiger partial charge in [-0.15, -0.1) is 11.3 Å². The van der Waals surface area contributed by atoms with Crippen molar-refractivity contribution in [1.82, 2.24) is 9.80 Å². The second kappa shape index (κ2) is 7.70. The second-order valence-corrected chi connectivity index (χ2v) is 7.28. The van der Waals surface area contributed by atoms with Gasteiger partial charge in [-0.1, -0.05) is 18.2 Å². The number of thiophene rings is 1. The number of nitrogens with zero attached hydrogens (tertiary/aromatic N) is 2. The van der Waals surface area contributed by atoms with E-state index in [1.165, 1.54) is 23.5 Å². The molecule has 1 aromatic heterocycles. The first kappa shape index (κ1) is 18.1. The van der Waals surface area contributed by atoms with Gasteiger partial charge >= 0.3 is 5.97 Å². The maximum absolute atomic E-state index is 12.9. The van der Waals surface area contributed by atoms with Crippen LogP contribution in [0.2, 0.25) is 0 Å². The van der Waals surface area contributed by atoms with E-state index in [2.05, 4.69) is 0 Å². The Labute approximate surface area is 155 Å². The molecule has 1 N–H and O–H groups in total. The average Bonchev–Trinajstić information content (AvgIpc) is 3.32. The number of rotatable bonds is 5. The van der Waals surface area contributed by atoms with Crippen molar-refractivity contribution >= 4 is 29.1 Å². The number of aromatic carboxylic acids is 1. The molecule has 2 aromatic rings. The molecule has 1 unspecified atom stereocenters. The minimum atomic E-state index is -0.977. The molecule has 1 atom stereocenters. The summed E-state index contributed by atoms with van der Waals surface area (Å²) >= 11 is 1.38. The molecule has 1 aliphatic rings. The van der Waals surface area contributed by atoms with Crippen LogP contribution in [0.25, 0.3) is 0 Å². The van der Waals surface area contributed by atoms with Crippen molar-refractivity contribution in [3.8, 4) is 0 Å². The van der Waals surface area contributed by atoms with Gasteiger partial charge in [0.25, 0.3) is 5.91 Å². The SMILES string of the molecule is CN(Cc1ccc(C(=O)O)cc1)C(=O)C1CCCN1C(=O)c1cccs1. The molecule has 0 aliphatic carbocycles. The molecule has 26 heavy (non-hydrogen) atoms. The predicted molar refractivity (Wildman–Crippen MR) is 98.3 cm³/mol. The third-order valence-electron chi connectivity index (χ3n) is 4.53. The van der Waals surface area contributed by atoms with E-state index in [0.717, 1.165) is 12.0 Å². The van der Waals surface area contributed by atoms with Crippen LogP contribution in [0.1, 0.15) is 38.4 Å². The van der Waals surface area contributed by atoms with Crippen LogP contribution in [0.15, 0.2) is 41.8 Å². The van der Waals surface area contributed by atoms with Gasteiger partial charge < -0.3 is 14.9 Å². The molecular formula is C19H20N2O4S.